The van der Waals surface area contributed by atoms with Crippen LogP contribution in [0.25, 0.3) is 0 Å². The second-order valence-corrected chi connectivity index (χ2v) is 2.88. The molecule has 0 spiro atoms. The first-order chi connectivity index (χ1) is 7.43. The van der Waals surface area contributed by atoms with Gasteiger partial charge in [0.1, 0.15) is 13.6 Å². The molecule has 15 heavy (non-hydrogen) atoms. The third kappa shape index (κ3) is 6.19. The highest BCUT2D eigenvalue weighted by molar-refractivity contribution is 5.13. The molecular weight excluding hydrogens is 196 g/mol. The summed E-state index contributed by atoms with van der Waals surface area (Å²) in [6, 6.07) is 9.92. The Morgan fingerprint density at radius 2 is 1.53 bits per heavy atom. The SMILES string of the molecule is COCOCOCOCc1ccccc1. The Labute approximate surface area is 89.7 Å². The fourth-order valence-corrected chi connectivity index (χ4v) is 1.00. The molecule has 1 aromatic rings. The summed E-state index contributed by atoms with van der Waals surface area (Å²) in [7, 11) is 1.56. The minimum atomic E-state index is 0.183. The normalized spacial score (nSPS) is 10.5. The standard InChI is InChI=1S/C11H16O4/c1-12-8-14-10-15-9-13-7-11-5-3-2-4-6-11/h2-6H,7-10H2,1H3. The molecule has 1 aromatic carbocycles. The number of benzene rings is 1. The van der Waals surface area contributed by atoms with E-state index in [0.29, 0.717) is 6.61 Å². The van der Waals surface area contributed by atoms with E-state index >= 15 is 0 Å². The van der Waals surface area contributed by atoms with Crippen molar-refractivity contribution >= 4 is 0 Å². The summed E-state index contributed by atoms with van der Waals surface area (Å²) in [6.07, 6.45) is 0. The van der Waals surface area contributed by atoms with Crippen molar-refractivity contribution in [2.75, 3.05) is 27.5 Å². The van der Waals surface area contributed by atoms with Crippen LogP contribution >= 0.6 is 0 Å². The fraction of sp³-hybridized carbons (Fsp3) is 0.455. The van der Waals surface area contributed by atoms with Crippen molar-refractivity contribution < 1.29 is 18.9 Å². The van der Waals surface area contributed by atoms with Gasteiger partial charge in [-0.15, -0.1) is 0 Å². The van der Waals surface area contributed by atoms with Crippen LogP contribution in [-0.2, 0) is 25.6 Å². The predicted molar refractivity (Wildman–Crippen MR) is 55.0 cm³/mol. The van der Waals surface area contributed by atoms with Crippen LogP contribution in [0.1, 0.15) is 5.56 Å². The second kappa shape index (κ2) is 8.38. The average molecular weight is 212 g/mol. The van der Waals surface area contributed by atoms with Gasteiger partial charge in [0.25, 0.3) is 0 Å². The first-order valence-electron chi connectivity index (χ1n) is 4.69. The molecule has 4 heteroatoms. The maximum Gasteiger partial charge on any atom is 0.152 e. The topological polar surface area (TPSA) is 36.9 Å². The Balaban J connectivity index is 1.93. The molecule has 84 valence electrons. The molecule has 0 saturated carbocycles. The van der Waals surface area contributed by atoms with Gasteiger partial charge in [0.15, 0.2) is 6.79 Å². The Kier molecular flexibility index (Phi) is 6.77. The Hall–Kier alpha value is -0.940. The molecule has 0 aliphatic heterocycles. The van der Waals surface area contributed by atoms with Gasteiger partial charge in [0.2, 0.25) is 0 Å². The molecule has 1 rings (SSSR count). The van der Waals surface area contributed by atoms with E-state index < -0.39 is 0 Å². The van der Waals surface area contributed by atoms with Crippen molar-refractivity contribution in [1.82, 2.24) is 0 Å². The highest BCUT2D eigenvalue weighted by Crippen LogP contribution is 1.99. The van der Waals surface area contributed by atoms with Crippen LogP contribution in [0.4, 0.5) is 0 Å². The quantitative estimate of drug-likeness (QED) is 0.486. The molecule has 0 fully saturated rings. The maximum atomic E-state index is 5.26. The van der Waals surface area contributed by atoms with Gasteiger partial charge in [-0.3, -0.25) is 0 Å². The van der Waals surface area contributed by atoms with Crippen LogP contribution in [0.3, 0.4) is 0 Å². The van der Waals surface area contributed by atoms with Gasteiger partial charge in [0.05, 0.1) is 6.61 Å². The molecule has 0 heterocycles. The zero-order chi connectivity index (χ0) is 10.8. The molecule has 0 unspecified atom stereocenters. The van der Waals surface area contributed by atoms with Gasteiger partial charge < -0.3 is 18.9 Å². The Bertz CT molecular complexity index is 238. The number of hydrogen-bond acceptors (Lipinski definition) is 4. The molecular formula is C11H16O4. The van der Waals surface area contributed by atoms with Crippen LogP contribution in [0.5, 0.6) is 0 Å². The smallest absolute Gasteiger partial charge is 0.152 e. The van der Waals surface area contributed by atoms with Crippen molar-refractivity contribution in [2.24, 2.45) is 0 Å². The molecule has 0 aromatic heterocycles. The third-order valence-corrected chi connectivity index (χ3v) is 1.65. The molecule has 0 saturated heterocycles. The molecule has 0 N–H and O–H groups in total. The zero-order valence-electron chi connectivity index (χ0n) is 8.85. The summed E-state index contributed by atoms with van der Waals surface area (Å²) in [6.45, 7) is 1.19. The van der Waals surface area contributed by atoms with Crippen molar-refractivity contribution in [2.45, 2.75) is 6.61 Å². The van der Waals surface area contributed by atoms with Crippen LogP contribution in [0.2, 0.25) is 0 Å². The van der Waals surface area contributed by atoms with E-state index in [2.05, 4.69) is 4.74 Å². The lowest BCUT2D eigenvalue weighted by Crippen LogP contribution is -2.06. The highest BCUT2D eigenvalue weighted by Gasteiger charge is 1.91. The predicted octanol–water partition coefficient (Wildman–Crippen LogP) is 1.76. The Morgan fingerprint density at radius 1 is 0.867 bits per heavy atom. The van der Waals surface area contributed by atoms with E-state index in [4.69, 9.17) is 14.2 Å². The van der Waals surface area contributed by atoms with Crippen molar-refractivity contribution in [3.8, 4) is 0 Å². The largest absolute Gasteiger partial charge is 0.359 e. The molecule has 0 amide bonds. The lowest BCUT2D eigenvalue weighted by atomic mass is 10.2. The van der Waals surface area contributed by atoms with Gasteiger partial charge in [-0.25, -0.2) is 0 Å². The second-order valence-electron chi connectivity index (χ2n) is 2.88. The molecule has 0 bridgehead atoms. The number of hydrogen-bond donors (Lipinski definition) is 0. The van der Waals surface area contributed by atoms with Gasteiger partial charge in [-0.1, -0.05) is 30.3 Å². The van der Waals surface area contributed by atoms with Gasteiger partial charge in [-0.05, 0) is 5.56 Å². The third-order valence-electron chi connectivity index (χ3n) is 1.65. The van der Waals surface area contributed by atoms with E-state index in [0.717, 1.165) is 5.56 Å². The molecule has 0 aliphatic carbocycles. The number of rotatable bonds is 8. The fourth-order valence-electron chi connectivity index (χ4n) is 1.00. The summed E-state index contributed by atoms with van der Waals surface area (Å²) >= 11 is 0. The monoisotopic (exact) mass is 212 g/mol. The minimum absolute atomic E-state index is 0.183. The number of ether oxygens (including phenoxy) is 4. The summed E-state index contributed by atoms with van der Waals surface area (Å²) in [4.78, 5) is 0. The minimum Gasteiger partial charge on any atom is -0.359 e. The van der Waals surface area contributed by atoms with E-state index in [1.165, 1.54) is 0 Å². The van der Waals surface area contributed by atoms with E-state index in [9.17, 15) is 0 Å². The summed E-state index contributed by atoms with van der Waals surface area (Å²) in [5.41, 5.74) is 1.12. The van der Waals surface area contributed by atoms with Crippen molar-refractivity contribution in [3.63, 3.8) is 0 Å². The van der Waals surface area contributed by atoms with Crippen molar-refractivity contribution in [3.05, 3.63) is 35.9 Å². The van der Waals surface area contributed by atoms with E-state index in [-0.39, 0.29) is 20.4 Å². The zero-order valence-corrected chi connectivity index (χ0v) is 8.85. The Morgan fingerprint density at radius 3 is 2.27 bits per heavy atom. The molecule has 0 aliphatic rings. The van der Waals surface area contributed by atoms with Crippen LogP contribution < -0.4 is 0 Å². The van der Waals surface area contributed by atoms with E-state index in [1.807, 2.05) is 30.3 Å². The maximum absolute atomic E-state index is 5.26. The first kappa shape index (κ1) is 12.1. The van der Waals surface area contributed by atoms with Gasteiger partial charge in [0, 0.05) is 7.11 Å². The first-order valence-corrected chi connectivity index (χ1v) is 4.69. The van der Waals surface area contributed by atoms with Gasteiger partial charge >= 0.3 is 0 Å². The van der Waals surface area contributed by atoms with Crippen LogP contribution in [-0.4, -0.2) is 27.5 Å². The van der Waals surface area contributed by atoms with Crippen LogP contribution in [0, 0.1) is 0 Å². The average Bonchev–Trinajstić information content (AvgIpc) is 2.29. The van der Waals surface area contributed by atoms with Crippen molar-refractivity contribution in [1.29, 1.82) is 0 Å². The summed E-state index contributed by atoms with van der Waals surface area (Å²) < 4.78 is 19.9. The summed E-state index contributed by atoms with van der Waals surface area (Å²) in [5, 5.41) is 0. The molecule has 4 nitrogen and oxygen atoms in total. The summed E-state index contributed by atoms with van der Waals surface area (Å²) in [5.74, 6) is 0. The van der Waals surface area contributed by atoms with E-state index in [1.54, 1.807) is 7.11 Å². The lowest BCUT2D eigenvalue weighted by Gasteiger charge is -2.06. The molecule has 0 atom stereocenters. The van der Waals surface area contributed by atoms with Crippen LogP contribution in [0.15, 0.2) is 30.3 Å². The lowest BCUT2D eigenvalue weighted by molar-refractivity contribution is -0.166. The molecule has 0 radical (unpaired) electrons. The number of methoxy groups -OCH3 is 1. The van der Waals surface area contributed by atoms with Gasteiger partial charge in [-0.2, -0.15) is 0 Å². The highest BCUT2D eigenvalue weighted by atomic mass is 16.8.